The second-order valence-electron chi connectivity index (χ2n) is 6.81. The van der Waals surface area contributed by atoms with Gasteiger partial charge in [0.15, 0.2) is 5.54 Å². The van der Waals surface area contributed by atoms with Crippen molar-refractivity contribution in [3.05, 3.63) is 57.4 Å². The Balaban J connectivity index is 1.47. The lowest BCUT2D eigenvalue weighted by molar-refractivity contribution is -0.142. The Morgan fingerprint density at radius 2 is 2.00 bits per heavy atom. The maximum atomic E-state index is 12.3. The number of carbonyl (C=O) groups is 2. The van der Waals surface area contributed by atoms with E-state index in [0.717, 1.165) is 11.1 Å². The topological polar surface area (TPSA) is 97.1 Å². The van der Waals surface area contributed by atoms with Gasteiger partial charge in [-0.25, -0.2) is 9.48 Å². The van der Waals surface area contributed by atoms with Crippen molar-refractivity contribution in [2.24, 2.45) is 0 Å². The first-order chi connectivity index (χ1) is 13.4. The first-order valence-corrected chi connectivity index (χ1v) is 9.97. The smallest absolute Gasteiger partial charge is 0.331 e. The Bertz CT molecular complexity index is 1040. The van der Waals surface area contributed by atoms with Crippen LogP contribution in [0.4, 0.5) is 0 Å². The molecule has 1 saturated carbocycles. The lowest BCUT2D eigenvalue weighted by atomic mass is 10.0. The molecule has 144 valence electrons. The highest BCUT2D eigenvalue weighted by atomic mass is 35.5. The van der Waals surface area contributed by atoms with Crippen LogP contribution in [0.2, 0.25) is 4.34 Å². The van der Waals surface area contributed by atoms with Crippen molar-refractivity contribution in [1.82, 2.24) is 20.3 Å². The summed E-state index contributed by atoms with van der Waals surface area (Å²) >= 11 is 7.33. The zero-order chi connectivity index (χ0) is 19.9. The van der Waals surface area contributed by atoms with E-state index in [1.165, 1.54) is 16.0 Å². The third-order valence-corrected chi connectivity index (χ3v) is 6.14. The van der Waals surface area contributed by atoms with Gasteiger partial charge in [0.1, 0.15) is 10.0 Å². The molecule has 4 rings (SSSR count). The van der Waals surface area contributed by atoms with Gasteiger partial charge in [-0.05, 0) is 36.8 Å². The maximum Gasteiger partial charge on any atom is 0.331 e. The number of hydrogen-bond donors (Lipinski definition) is 2. The third kappa shape index (κ3) is 3.29. The number of aromatic nitrogens is 3. The standard InChI is InChI=1S/C19H17ClN4O3S/c1-11(21-17(25)14-6-9-28-16(14)20)12-2-4-13(5-3-12)15-10-24(23-22-15)19(7-8-19)18(26)27/h2-6,9-11H,7-8H2,1H3,(H,21,25)(H,26,27)/t11-/m1/s1. The number of benzene rings is 1. The molecular weight excluding hydrogens is 400 g/mol. The van der Waals surface area contributed by atoms with Crippen LogP contribution in [0.1, 0.15) is 41.7 Å². The summed E-state index contributed by atoms with van der Waals surface area (Å²) in [6.45, 7) is 1.90. The lowest BCUT2D eigenvalue weighted by Crippen LogP contribution is -2.27. The van der Waals surface area contributed by atoms with Crippen molar-refractivity contribution in [3.63, 3.8) is 0 Å². The molecule has 0 bridgehead atoms. The number of aliphatic carboxylic acids is 1. The second kappa shape index (κ2) is 7.03. The number of amides is 1. The quantitative estimate of drug-likeness (QED) is 0.638. The van der Waals surface area contributed by atoms with E-state index in [1.54, 1.807) is 17.6 Å². The van der Waals surface area contributed by atoms with Gasteiger partial charge in [-0.2, -0.15) is 0 Å². The molecule has 0 radical (unpaired) electrons. The third-order valence-electron chi connectivity index (χ3n) is 4.97. The molecule has 1 amide bonds. The van der Waals surface area contributed by atoms with Crippen LogP contribution < -0.4 is 5.32 Å². The molecule has 0 unspecified atom stereocenters. The number of hydrogen-bond acceptors (Lipinski definition) is 5. The predicted molar refractivity (Wildman–Crippen MR) is 106 cm³/mol. The minimum atomic E-state index is -0.938. The zero-order valence-corrected chi connectivity index (χ0v) is 16.5. The monoisotopic (exact) mass is 416 g/mol. The SMILES string of the molecule is C[C@@H](NC(=O)c1ccsc1Cl)c1ccc(-c2cn(C3(C(=O)O)CC3)nn2)cc1. The van der Waals surface area contributed by atoms with Crippen molar-refractivity contribution >= 4 is 34.8 Å². The summed E-state index contributed by atoms with van der Waals surface area (Å²) in [5.74, 6) is -1.09. The number of rotatable bonds is 6. The first kappa shape index (κ1) is 18.6. The Kier molecular flexibility index (Phi) is 4.68. The van der Waals surface area contributed by atoms with E-state index in [2.05, 4.69) is 15.6 Å². The molecule has 3 aromatic rings. The van der Waals surface area contributed by atoms with E-state index < -0.39 is 11.5 Å². The molecule has 9 heteroatoms. The van der Waals surface area contributed by atoms with Gasteiger partial charge < -0.3 is 10.4 Å². The van der Waals surface area contributed by atoms with Crippen LogP contribution >= 0.6 is 22.9 Å². The predicted octanol–water partition coefficient (Wildman–Crippen LogP) is 3.72. The highest BCUT2D eigenvalue weighted by molar-refractivity contribution is 7.14. The van der Waals surface area contributed by atoms with Crippen LogP contribution in [-0.4, -0.2) is 32.0 Å². The van der Waals surface area contributed by atoms with Gasteiger partial charge >= 0.3 is 5.97 Å². The van der Waals surface area contributed by atoms with Crippen molar-refractivity contribution in [2.75, 3.05) is 0 Å². The minimum absolute atomic E-state index is 0.199. The molecule has 1 aromatic carbocycles. The normalized spacial score (nSPS) is 15.8. The Labute approximate surface area is 170 Å². The molecular formula is C19H17ClN4O3S. The van der Waals surface area contributed by atoms with Crippen LogP contribution in [-0.2, 0) is 10.3 Å². The van der Waals surface area contributed by atoms with Crippen molar-refractivity contribution in [3.8, 4) is 11.3 Å². The second-order valence-corrected chi connectivity index (χ2v) is 8.33. The summed E-state index contributed by atoms with van der Waals surface area (Å²) in [6, 6.07) is 9.06. The van der Waals surface area contributed by atoms with Crippen molar-refractivity contribution < 1.29 is 14.7 Å². The molecule has 0 aliphatic heterocycles. The number of carbonyl (C=O) groups excluding carboxylic acids is 1. The highest BCUT2D eigenvalue weighted by Crippen LogP contribution is 2.43. The van der Waals surface area contributed by atoms with Gasteiger partial charge in [-0.3, -0.25) is 4.79 Å². The molecule has 1 atom stereocenters. The number of thiophene rings is 1. The largest absolute Gasteiger partial charge is 0.479 e. The molecule has 0 saturated heterocycles. The van der Waals surface area contributed by atoms with E-state index in [4.69, 9.17) is 11.6 Å². The van der Waals surface area contributed by atoms with Crippen molar-refractivity contribution in [2.45, 2.75) is 31.3 Å². The average Bonchev–Trinajstić information content (AvgIpc) is 3.14. The zero-order valence-electron chi connectivity index (χ0n) is 14.9. The first-order valence-electron chi connectivity index (χ1n) is 8.71. The summed E-state index contributed by atoms with van der Waals surface area (Å²) in [5, 5.41) is 22.2. The van der Waals surface area contributed by atoms with Crippen LogP contribution in [0.25, 0.3) is 11.3 Å². The average molecular weight is 417 g/mol. The molecule has 1 aliphatic carbocycles. The minimum Gasteiger partial charge on any atom is -0.479 e. The van der Waals surface area contributed by atoms with Gasteiger partial charge in [-0.15, -0.1) is 16.4 Å². The lowest BCUT2D eigenvalue weighted by Gasteiger charge is -2.14. The molecule has 28 heavy (non-hydrogen) atoms. The summed E-state index contributed by atoms with van der Waals surface area (Å²) < 4.78 is 1.91. The molecule has 1 aliphatic rings. The molecule has 2 N–H and O–H groups in total. The molecule has 2 heterocycles. The van der Waals surface area contributed by atoms with Gasteiger partial charge in [0.05, 0.1) is 17.8 Å². The van der Waals surface area contributed by atoms with E-state index in [0.29, 0.717) is 28.4 Å². The Morgan fingerprint density at radius 1 is 1.29 bits per heavy atom. The van der Waals surface area contributed by atoms with Crippen LogP contribution in [0.15, 0.2) is 41.9 Å². The fourth-order valence-corrected chi connectivity index (χ4v) is 3.94. The maximum absolute atomic E-state index is 12.3. The highest BCUT2D eigenvalue weighted by Gasteiger charge is 2.53. The summed E-state index contributed by atoms with van der Waals surface area (Å²) in [7, 11) is 0. The molecule has 0 spiro atoms. The van der Waals surface area contributed by atoms with E-state index in [-0.39, 0.29) is 11.9 Å². The van der Waals surface area contributed by atoms with Crippen molar-refractivity contribution in [1.29, 1.82) is 0 Å². The summed E-state index contributed by atoms with van der Waals surface area (Å²) in [4.78, 5) is 23.7. The molecule has 2 aromatic heterocycles. The van der Waals surface area contributed by atoms with Crippen LogP contribution in [0.5, 0.6) is 0 Å². The molecule has 1 fully saturated rings. The fraction of sp³-hybridized carbons (Fsp3) is 0.263. The van der Waals surface area contributed by atoms with E-state index in [1.807, 2.05) is 31.2 Å². The van der Waals surface area contributed by atoms with Gasteiger partial charge in [0.2, 0.25) is 0 Å². The summed E-state index contributed by atoms with van der Waals surface area (Å²) in [6.07, 6.45) is 2.80. The van der Waals surface area contributed by atoms with E-state index >= 15 is 0 Å². The van der Waals surface area contributed by atoms with E-state index in [9.17, 15) is 14.7 Å². The number of halogens is 1. The number of carboxylic acid groups (broad SMARTS) is 1. The van der Waals surface area contributed by atoms with Gasteiger partial charge in [0.25, 0.3) is 5.91 Å². The van der Waals surface area contributed by atoms with Crippen LogP contribution in [0.3, 0.4) is 0 Å². The number of carboxylic acids is 1. The molecule has 7 nitrogen and oxygen atoms in total. The Hall–Kier alpha value is -2.71. The Morgan fingerprint density at radius 3 is 2.57 bits per heavy atom. The fourth-order valence-electron chi connectivity index (χ4n) is 3.02. The van der Waals surface area contributed by atoms with Gasteiger partial charge in [-0.1, -0.05) is 41.1 Å². The number of nitrogens with zero attached hydrogens (tertiary/aromatic N) is 3. The van der Waals surface area contributed by atoms with Crippen LogP contribution in [0, 0.1) is 0 Å². The number of nitrogens with one attached hydrogen (secondary N) is 1. The summed E-state index contributed by atoms with van der Waals surface area (Å²) in [5.41, 5.74) is 1.91. The van der Waals surface area contributed by atoms with Gasteiger partial charge in [0, 0.05) is 5.56 Å².